The van der Waals surface area contributed by atoms with E-state index in [0.717, 1.165) is 0 Å². The van der Waals surface area contributed by atoms with Crippen LogP contribution in [0.4, 0.5) is 5.82 Å². The van der Waals surface area contributed by atoms with E-state index in [4.69, 9.17) is 15.9 Å². The summed E-state index contributed by atoms with van der Waals surface area (Å²) in [5.74, 6) is 0.646. The second kappa shape index (κ2) is 5.54. The van der Waals surface area contributed by atoms with Gasteiger partial charge >= 0.3 is 0 Å². The van der Waals surface area contributed by atoms with Crippen LogP contribution >= 0.6 is 0 Å². The summed E-state index contributed by atoms with van der Waals surface area (Å²) < 4.78 is 5.26. The van der Waals surface area contributed by atoms with E-state index in [1.54, 1.807) is 6.07 Å². The van der Waals surface area contributed by atoms with Gasteiger partial charge in [0.05, 0.1) is 5.60 Å². The highest BCUT2D eigenvalue weighted by molar-refractivity contribution is 5.93. The summed E-state index contributed by atoms with van der Waals surface area (Å²) in [4.78, 5) is 6.19. The Labute approximate surface area is 112 Å². The molecule has 1 fully saturated rings. The van der Waals surface area contributed by atoms with Crippen LogP contribution in [-0.4, -0.2) is 48.3 Å². The maximum absolute atomic E-state index is 10.5. The molecule has 6 heteroatoms. The summed E-state index contributed by atoms with van der Waals surface area (Å²) in [6, 6.07) is 5.35. The van der Waals surface area contributed by atoms with E-state index < -0.39 is 5.60 Å². The van der Waals surface area contributed by atoms with Gasteiger partial charge in [0.25, 0.3) is 0 Å². The van der Waals surface area contributed by atoms with E-state index in [-0.39, 0.29) is 5.84 Å². The maximum Gasteiger partial charge on any atom is 0.141 e. The van der Waals surface area contributed by atoms with Crippen LogP contribution in [0.2, 0.25) is 0 Å². The Morgan fingerprint density at radius 1 is 1.53 bits per heavy atom. The van der Waals surface area contributed by atoms with Crippen molar-refractivity contribution in [2.45, 2.75) is 18.4 Å². The normalized spacial score (nSPS) is 18.0. The third kappa shape index (κ3) is 3.42. The second-order valence-corrected chi connectivity index (χ2v) is 4.99. The Hall–Kier alpha value is -1.66. The number of aromatic nitrogens is 1. The number of ether oxygens (including phenoxy) is 1. The number of likely N-dealkylation sites (N-methyl/N-ethyl adjacent to an activating group) is 1. The van der Waals surface area contributed by atoms with Crippen LogP contribution in [0.25, 0.3) is 0 Å². The second-order valence-electron chi connectivity index (χ2n) is 4.99. The first-order chi connectivity index (χ1) is 9.00. The summed E-state index contributed by atoms with van der Waals surface area (Å²) in [6.45, 7) is 1.67. The van der Waals surface area contributed by atoms with Crippen LogP contribution in [0.1, 0.15) is 18.5 Å². The number of hydrogen-bond donors (Lipinski definition) is 3. The van der Waals surface area contributed by atoms with Gasteiger partial charge in [0.1, 0.15) is 17.3 Å². The van der Waals surface area contributed by atoms with Gasteiger partial charge in [-0.1, -0.05) is 6.07 Å². The van der Waals surface area contributed by atoms with Crippen LogP contribution in [0.15, 0.2) is 18.2 Å². The van der Waals surface area contributed by atoms with Crippen molar-refractivity contribution in [2.75, 3.05) is 31.7 Å². The first-order valence-corrected chi connectivity index (χ1v) is 6.33. The molecule has 1 saturated heterocycles. The average Bonchev–Trinajstić information content (AvgIpc) is 2.39. The zero-order valence-electron chi connectivity index (χ0n) is 11.1. The predicted molar refractivity (Wildman–Crippen MR) is 73.5 cm³/mol. The van der Waals surface area contributed by atoms with Gasteiger partial charge in [-0.25, -0.2) is 4.98 Å². The van der Waals surface area contributed by atoms with Crippen LogP contribution in [0, 0.1) is 5.41 Å². The molecular formula is C13H20N4O2. The van der Waals surface area contributed by atoms with Gasteiger partial charge in [-0.15, -0.1) is 0 Å². The Balaban J connectivity index is 2.08. The van der Waals surface area contributed by atoms with Crippen molar-refractivity contribution in [3.05, 3.63) is 23.9 Å². The molecule has 2 heterocycles. The molecule has 0 radical (unpaired) electrons. The summed E-state index contributed by atoms with van der Waals surface area (Å²) in [5.41, 5.74) is 5.14. The van der Waals surface area contributed by atoms with Crippen molar-refractivity contribution in [3.63, 3.8) is 0 Å². The number of amidine groups is 1. The predicted octanol–water partition coefficient (Wildman–Crippen LogP) is 0.343. The molecule has 1 aliphatic heterocycles. The molecule has 4 N–H and O–H groups in total. The molecule has 1 aliphatic rings. The molecular weight excluding hydrogens is 244 g/mol. The lowest BCUT2D eigenvalue weighted by Crippen LogP contribution is -2.46. The monoisotopic (exact) mass is 264 g/mol. The average molecular weight is 264 g/mol. The molecule has 0 aromatic carbocycles. The smallest absolute Gasteiger partial charge is 0.141 e. The highest BCUT2D eigenvalue weighted by Crippen LogP contribution is 2.23. The largest absolute Gasteiger partial charge is 0.388 e. The lowest BCUT2D eigenvalue weighted by Gasteiger charge is -2.35. The molecule has 19 heavy (non-hydrogen) atoms. The molecule has 1 aromatic rings. The van der Waals surface area contributed by atoms with Gasteiger partial charge < -0.3 is 20.5 Å². The first-order valence-electron chi connectivity index (χ1n) is 6.33. The molecule has 0 aliphatic carbocycles. The van der Waals surface area contributed by atoms with Gasteiger partial charge in [0, 0.05) is 39.6 Å². The highest BCUT2D eigenvalue weighted by atomic mass is 16.5. The standard InChI is InChI=1S/C13H20N4O2/c1-17(9-13(18)5-7-19-8-6-13)11-4-2-3-10(16-11)12(14)15/h2-4,18H,5-9H2,1H3,(H3,14,15). The summed E-state index contributed by atoms with van der Waals surface area (Å²) >= 11 is 0. The van der Waals surface area contributed by atoms with Crippen molar-refractivity contribution in [2.24, 2.45) is 5.73 Å². The van der Waals surface area contributed by atoms with Crippen molar-refractivity contribution >= 4 is 11.7 Å². The minimum atomic E-state index is -0.735. The van der Waals surface area contributed by atoms with Gasteiger partial charge in [0.2, 0.25) is 0 Å². The molecule has 104 valence electrons. The lowest BCUT2D eigenvalue weighted by atomic mass is 9.94. The number of pyridine rings is 1. The Morgan fingerprint density at radius 2 is 2.21 bits per heavy atom. The van der Waals surface area contributed by atoms with Gasteiger partial charge in [-0.2, -0.15) is 0 Å². The molecule has 1 aromatic heterocycles. The first kappa shape index (κ1) is 13.8. The van der Waals surface area contributed by atoms with E-state index in [0.29, 0.717) is 44.1 Å². The fourth-order valence-corrected chi connectivity index (χ4v) is 2.22. The third-order valence-electron chi connectivity index (χ3n) is 3.36. The Kier molecular flexibility index (Phi) is 4.01. The molecule has 0 amide bonds. The van der Waals surface area contributed by atoms with Gasteiger partial charge in [-0.05, 0) is 12.1 Å². The van der Waals surface area contributed by atoms with E-state index in [9.17, 15) is 5.11 Å². The zero-order chi connectivity index (χ0) is 13.9. The number of nitrogens with zero attached hydrogens (tertiary/aromatic N) is 2. The third-order valence-corrected chi connectivity index (χ3v) is 3.36. The van der Waals surface area contributed by atoms with E-state index >= 15 is 0 Å². The number of hydrogen-bond acceptors (Lipinski definition) is 5. The van der Waals surface area contributed by atoms with E-state index in [2.05, 4.69) is 4.98 Å². The maximum atomic E-state index is 10.5. The number of rotatable bonds is 4. The SMILES string of the molecule is CN(CC1(O)CCOCC1)c1cccc(C(=N)N)n1. The van der Waals surface area contributed by atoms with Crippen molar-refractivity contribution < 1.29 is 9.84 Å². The molecule has 0 atom stereocenters. The minimum Gasteiger partial charge on any atom is -0.388 e. The molecule has 6 nitrogen and oxygen atoms in total. The minimum absolute atomic E-state index is 0.0555. The highest BCUT2D eigenvalue weighted by Gasteiger charge is 2.31. The summed E-state index contributed by atoms with van der Waals surface area (Å²) in [6.07, 6.45) is 1.26. The molecule has 0 saturated carbocycles. The van der Waals surface area contributed by atoms with Crippen LogP contribution in [0.5, 0.6) is 0 Å². The molecule has 0 unspecified atom stereocenters. The van der Waals surface area contributed by atoms with Crippen molar-refractivity contribution in [1.82, 2.24) is 4.98 Å². The Bertz CT molecular complexity index is 458. The van der Waals surface area contributed by atoms with Crippen LogP contribution < -0.4 is 10.6 Å². The molecule has 2 rings (SSSR count). The molecule has 0 bridgehead atoms. The zero-order valence-corrected chi connectivity index (χ0v) is 11.1. The Morgan fingerprint density at radius 3 is 2.84 bits per heavy atom. The van der Waals surface area contributed by atoms with Crippen LogP contribution in [-0.2, 0) is 4.74 Å². The number of nitrogen functional groups attached to an aromatic ring is 1. The van der Waals surface area contributed by atoms with Gasteiger partial charge in [-0.3, -0.25) is 5.41 Å². The summed E-state index contributed by atoms with van der Waals surface area (Å²) in [5, 5.41) is 17.9. The molecule has 0 spiro atoms. The number of anilines is 1. The summed E-state index contributed by atoms with van der Waals surface area (Å²) in [7, 11) is 1.87. The topological polar surface area (TPSA) is 95.5 Å². The lowest BCUT2D eigenvalue weighted by molar-refractivity contribution is -0.0573. The van der Waals surface area contributed by atoms with E-state index in [1.165, 1.54) is 0 Å². The van der Waals surface area contributed by atoms with E-state index in [1.807, 2.05) is 24.1 Å². The number of aliphatic hydroxyl groups is 1. The van der Waals surface area contributed by atoms with Crippen molar-refractivity contribution in [3.8, 4) is 0 Å². The van der Waals surface area contributed by atoms with Gasteiger partial charge in [0.15, 0.2) is 0 Å². The van der Waals surface area contributed by atoms with Crippen LogP contribution in [0.3, 0.4) is 0 Å². The number of nitrogens with one attached hydrogen (secondary N) is 1. The number of nitrogens with two attached hydrogens (primary N) is 1. The fourth-order valence-electron chi connectivity index (χ4n) is 2.22. The fraction of sp³-hybridized carbons (Fsp3) is 0.538. The van der Waals surface area contributed by atoms with Crippen molar-refractivity contribution in [1.29, 1.82) is 5.41 Å². The quantitative estimate of drug-likeness (QED) is 0.538.